The smallest absolute Gasteiger partial charge is 0.256 e. The summed E-state index contributed by atoms with van der Waals surface area (Å²) >= 11 is 0. The van der Waals surface area contributed by atoms with Crippen LogP contribution in [0.15, 0.2) is 18.2 Å². The van der Waals surface area contributed by atoms with Crippen LogP contribution in [0.4, 0.5) is 0 Å². The third-order valence-electron chi connectivity index (χ3n) is 4.09. The number of nitrogens with zero attached hydrogens (tertiary/aromatic N) is 1. The number of hydrogen-bond donors (Lipinski definition) is 2. The Kier molecular flexibility index (Phi) is 3.99. The number of aryl methyl sites for hydroxylation is 1. The van der Waals surface area contributed by atoms with E-state index in [9.17, 15) is 15.2 Å². The number of amides is 1. The molecule has 0 radical (unpaired) electrons. The van der Waals surface area contributed by atoms with Crippen LogP contribution in [0.2, 0.25) is 0 Å². The largest absolute Gasteiger partial charge is 0.507 e. The Morgan fingerprint density at radius 2 is 2.10 bits per heavy atom. The van der Waals surface area contributed by atoms with Crippen LogP contribution in [0, 0.1) is 24.2 Å². The minimum absolute atomic E-state index is 0.0506. The number of nitrogens with one attached hydrogen (secondary N) is 1. The summed E-state index contributed by atoms with van der Waals surface area (Å²) in [6.07, 6.45) is 3.22. The fraction of sp³-hybridized carbons (Fsp3) is 0.500. The van der Waals surface area contributed by atoms with Gasteiger partial charge in [0.2, 0.25) is 0 Å². The predicted molar refractivity (Wildman–Crippen MR) is 76.3 cm³/mol. The first kappa shape index (κ1) is 14.4. The first-order chi connectivity index (χ1) is 9.46. The van der Waals surface area contributed by atoms with Crippen LogP contribution in [-0.2, 0) is 0 Å². The first-order valence-electron chi connectivity index (χ1n) is 6.99. The maximum Gasteiger partial charge on any atom is 0.256 e. The van der Waals surface area contributed by atoms with Crippen LogP contribution < -0.4 is 5.32 Å². The van der Waals surface area contributed by atoms with Gasteiger partial charge < -0.3 is 10.4 Å². The van der Waals surface area contributed by atoms with Crippen molar-refractivity contribution in [2.75, 3.05) is 0 Å². The quantitative estimate of drug-likeness (QED) is 0.869. The summed E-state index contributed by atoms with van der Waals surface area (Å²) in [5.41, 5.74) is 0.342. The number of carbonyl (C=O) groups is 1. The van der Waals surface area contributed by atoms with Gasteiger partial charge in [-0.05, 0) is 50.7 Å². The van der Waals surface area contributed by atoms with Crippen LogP contribution in [0.3, 0.4) is 0 Å². The van der Waals surface area contributed by atoms with E-state index in [1.165, 1.54) is 6.07 Å². The van der Waals surface area contributed by atoms with Gasteiger partial charge in [-0.1, -0.05) is 18.6 Å². The topological polar surface area (TPSA) is 73.1 Å². The molecule has 1 amide bonds. The molecule has 0 aliphatic heterocycles. The van der Waals surface area contributed by atoms with Gasteiger partial charge in [-0.15, -0.1) is 0 Å². The van der Waals surface area contributed by atoms with Gasteiger partial charge in [0, 0.05) is 0 Å². The van der Waals surface area contributed by atoms with E-state index in [2.05, 4.69) is 18.3 Å². The molecule has 1 saturated carbocycles. The van der Waals surface area contributed by atoms with Crippen LogP contribution in [-0.4, -0.2) is 16.6 Å². The normalized spacial score (nSPS) is 25.8. The van der Waals surface area contributed by atoms with Crippen molar-refractivity contribution in [3.63, 3.8) is 0 Å². The van der Waals surface area contributed by atoms with Gasteiger partial charge in [0.25, 0.3) is 5.91 Å². The molecule has 1 aliphatic carbocycles. The van der Waals surface area contributed by atoms with E-state index in [0.717, 1.165) is 18.4 Å². The number of benzene rings is 1. The van der Waals surface area contributed by atoms with E-state index < -0.39 is 5.54 Å². The lowest BCUT2D eigenvalue weighted by Gasteiger charge is -2.34. The van der Waals surface area contributed by atoms with Crippen molar-refractivity contribution < 1.29 is 9.90 Å². The monoisotopic (exact) mass is 272 g/mol. The molecule has 0 spiro atoms. The molecule has 0 saturated heterocycles. The molecule has 4 nitrogen and oxygen atoms in total. The molecule has 2 N–H and O–H groups in total. The standard InChI is InChI=1S/C16H20N2O2/c1-11-5-7-16(10-17,8-6-11)18-15(20)13-9-12(2)3-4-14(13)19/h3-4,9,11,19H,5-8H2,1-2H3,(H,18,20). The van der Waals surface area contributed by atoms with Gasteiger partial charge in [0.05, 0.1) is 11.6 Å². The molecular formula is C16H20N2O2. The number of aromatic hydroxyl groups is 1. The van der Waals surface area contributed by atoms with Gasteiger partial charge in [0.15, 0.2) is 0 Å². The lowest BCUT2D eigenvalue weighted by molar-refractivity contribution is 0.0891. The van der Waals surface area contributed by atoms with Gasteiger partial charge >= 0.3 is 0 Å². The summed E-state index contributed by atoms with van der Waals surface area (Å²) in [5.74, 6) is 0.174. The number of rotatable bonds is 2. The van der Waals surface area contributed by atoms with Crippen molar-refractivity contribution in [1.29, 1.82) is 5.26 Å². The summed E-state index contributed by atoms with van der Waals surface area (Å²) in [5, 5.41) is 22.0. The van der Waals surface area contributed by atoms with E-state index in [0.29, 0.717) is 18.8 Å². The van der Waals surface area contributed by atoms with Gasteiger partial charge in [-0.25, -0.2) is 0 Å². The molecule has 1 aromatic carbocycles. The highest BCUT2D eigenvalue weighted by Gasteiger charge is 2.36. The number of carbonyl (C=O) groups excluding carboxylic acids is 1. The minimum Gasteiger partial charge on any atom is -0.507 e. The molecule has 0 aromatic heterocycles. The molecule has 106 valence electrons. The minimum atomic E-state index is -0.792. The SMILES string of the molecule is Cc1ccc(O)c(C(=O)NC2(C#N)CCC(C)CC2)c1. The highest BCUT2D eigenvalue weighted by Crippen LogP contribution is 2.32. The Bertz CT molecular complexity index is 552. The van der Waals surface area contributed by atoms with Crippen molar-refractivity contribution in [2.24, 2.45) is 5.92 Å². The second-order valence-electron chi connectivity index (χ2n) is 5.85. The number of nitriles is 1. The maximum absolute atomic E-state index is 12.3. The van der Waals surface area contributed by atoms with E-state index in [4.69, 9.17) is 0 Å². The van der Waals surface area contributed by atoms with Crippen LogP contribution in [0.1, 0.15) is 48.5 Å². The third kappa shape index (κ3) is 2.93. The van der Waals surface area contributed by atoms with Crippen molar-refractivity contribution in [1.82, 2.24) is 5.32 Å². The van der Waals surface area contributed by atoms with Gasteiger partial charge in [-0.3, -0.25) is 4.79 Å². The summed E-state index contributed by atoms with van der Waals surface area (Å²) in [6, 6.07) is 7.15. The highest BCUT2D eigenvalue weighted by molar-refractivity contribution is 5.97. The van der Waals surface area contributed by atoms with Crippen molar-refractivity contribution in [3.8, 4) is 11.8 Å². The maximum atomic E-state index is 12.3. The zero-order valence-electron chi connectivity index (χ0n) is 11.9. The Morgan fingerprint density at radius 1 is 1.45 bits per heavy atom. The summed E-state index contributed by atoms with van der Waals surface area (Å²) in [4.78, 5) is 12.3. The van der Waals surface area contributed by atoms with E-state index >= 15 is 0 Å². The lowest BCUT2D eigenvalue weighted by atomic mass is 9.78. The van der Waals surface area contributed by atoms with Crippen LogP contribution in [0.25, 0.3) is 0 Å². The third-order valence-corrected chi connectivity index (χ3v) is 4.09. The summed E-state index contributed by atoms with van der Waals surface area (Å²) < 4.78 is 0. The van der Waals surface area contributed by atoms with Gasteiger partial charge in [-0.2, -0.15) is 5.26 Å². The Hall–Kier alpha value is -2.02. The molecule has 4 heteroatoms. The molecule has 0 unspecified atom stereocenters. The Morgan fingerprint density at radius 3 is 2.70 bits per heavy atom. The number of hydrogen-bond acceptors (Lipinski definition) is 3. The van der Waals surface area contributed by atoms with Crippen LogP contribution >= 0.6 is 0 Å². The van der Waals surface area contributed by atoms with E-state index in [1.807, 2.05) is 6.92 Å². The molecule has 2 rings (SSSR count). The summed E-state index contributed by atoms with van der Waals surface area (Å²) in [7, 11) is 0. The fourth-order valence-electron chi connectivity index (χ4n) is 2.64. The van der Waals surface area contributed by atoms with E-state index in [1.54, 1.807) is 12.1 Å². The second kappa shape index (κ2) is 5.54. The van der Waals surface area contributed by atoms with Crippen molar-refractivity contribution in [3.05, 3.63) is 29.3 Å². The first-order valence-corrected chi connectivity index (χ1v) is 6.99. The molecule has 1 aliphatic rings. The highest BCUT2D eigenvalue weighted by atomic mass is 16.3. The van der Waals surface area contributed by atoms with Crippen molar-refractivity contribution >= 4 is 5.91 Å². The zero-order valence-corrected chi connectivity index (χ0v) is 11.9. The average molecular weight is 272 g/mol. The molecule has 0 heterocycles. The molecular weight excluding hydrogens is 252 g/mol. The Balaban J connectivity index is 2.18. The predicted octanol–water partition coefficient (Wildman–Crippen LogP) is 2.90. The van der Waals surface area contributed by atoms with E-state index in [-0.39, 0.29) is 17.2 Å². The van der Waals surface area contributed by atoms with Gasteiger partial charge in [0.1, 0.15) is 11.3 Å². The molecule has 0 bridgehead atoms. The zero-order chi connectivity index (χ0) is 14.8. The second-order valence-corrected chi connectivity index (χ2v) is 5.85. The molecule has 1 aromatic rings. The number of phenolic OH excluding ortho intramolecular Hbond substituents is 1. The van der Waals surface area contributed by atoms with Crippen molar-refractivity contribution in [2.45, 2.75) is 45.1 Å². The molecule has 0 atom stereocenters. The molecule has 20 heavy (non-hydrogen) atoms. The Labute approximate surface area is 119 Å². The number of phenols is 1. The average Bonchev–Trinajstić information content (AvgIpc) is 2.44. The molecule has 1 fully saturated rings. The van der Waals surface area contributed by atoms with Crippen LogP contribution in [0.5, 0.6) is 5.75 Å². The lowest BCUT2D eigenvalue weighted by Crippen LogP contribution is -2.49. The summed E-state index contributed by atoms with van der Waals surface area (Å²) in [6.45, 7) is 4.02. The fourth-order valence-corrected chi connectivity index (χ4v) is 2.64.